The van der Waals surface area contributed by atoms with E-state index in [2.05, 4.69) is 20.8 Å². The molecule has 132 valence electrons. The maximum atomic E-state index is 13.6. The van der Waals surface area contributed by atoms with Crippen molar-refractivity contribution in [2.75, 3.05) is 10.6 Å². The smallest absolute Gasteiger partial charge is 0.276 e. The van der Waals surface area contributed by atoms with Crippen molar-refractivity contribution in [3.8, 4) is 0 Å². The minimum absolute atomic E-state index is 0.0167. The van der Waals surface area contributed by atoms with Crippen LogP contribution in [-0.2, 0) is 6.42 Å². The number of para-hydroxylation sites is 1. The molecule has 2 aromatic carbocycles. The summed E-state index contributed by atoms with van der Waals surface area (Å²) in [7, 11) is 0. The lowest BCUT2D eigenvalue weighted by molar-refractivity contribution is 0.102. The van der Waals surface area contributed by atoms with E-state index in [9.17, 15) is 13.6 Å². The van der Waals surface area contributed by atoms with Crippen LogP contribution in [0.2, 0.25) is 0 Å². The first kappa shape index (κ1) is 17.5. The third-order valence-electron chi connectivity index (χ3n) is 3.74. The van der Waals surface area contributed by atoms with Crippen LogP contribution in [0.5, 0.6) is 0 Å². The number of rotatable bonds is 5. The lowest BCUT2D eigenvalue weighted by Gasteiger charge is -2.10. The van der Waals surface area contributed by atoms with Gasteiger partial charge in [-0.1, -0.05) is 25.1 Å². The summed E-state index contributed by atoms with van der Waals surface area (Å²) in [6.07, 6.45) is 0.861. The van der Waals surface area contributed by atoms with Gasteiger partial charge in [-0.25, -0.2) is 8.78 Å². The van der Waals surface area contributed by atoms with E-state index in [0.29, 0.717) is 11.9 Å². The summed E-state index contributed by atoms with van der Waals surface area (Å²) in [5.74, 6) is -1.73. The number of carbonyl (C=O) groups excluding carboxylic acids is 1. The van der Waals surface area contributed by atoms with Crippen LogP contribution >= 0.6 is 0 Å². The lowest BCUT2D eigenvalue weighted by Crippen LogP contribution is -2.15. The van der Waals surface area contributed by atoms with E-state index < -0.39 is 17.5 Å². The molecule has 0 aliphatic carbocycles. The second kappa shape index (κ2) is 7.69. The summed E-state index contributed by atoms with van der Waals surface area (Å²) in [4.78, 5) is 12.1. The number of anilines is 3. The molecule has 0 saturated carbocycles. The van der Waals surface area contributed by atoms with Crippen molar-refractivity contribution in [2.45, 2.75) is 13.3 Å². The highest BCUT2D eigenvalue weighted by Crippen LogP contribution is 2.20. The Morgan fingerprint density at radius 2 is 1.81 bits per heavy atom. The molecule has 0 fully saturated rings. The zero-order valence-corrected chi connectivity index (χ0v) is 14.0. The van der Waals surface area contributed by atoms with Crippen LogP contribution < -0.4 is 10.6 Å². The Kier molecular flexibility index (Phi) is 5.17. The summed E-state index contributed by atoms with van der Waals surface area (Å²) < 4.78 is 26.5. The predicted octanol–water partition coefficient (Wildman–Crippen LogP) is 4.31. The fraction of sp³-hybridized carbons (Fsp3) is 0.105. The number of aromatic nitrogens is 2. The van der Waals surface area contributed by atoms with Gasteiger partial charge in [-0.05, 0) is 42.3 Å². The van der Waals surface area contributed by atoms with Gasteiger partial charge < -0.3 is 10.6 Å². The summed E-state index contributed by atoms with van der Waals surface area (Å²) in [6, 6.07) is 13.8. The van der Waals surface area contributed by atoms with Crippen molar-refractivity contribution < 1.29 is 13.6 Å². The van der Waals surface area contributed by atoms with Crippen LogP contribution in [0.15, 0.2) is 54.6 Å². The van der Waals surface area contributed by atoms with Gasteiger partial charge in [0, 0.05) is 11.8 Å². The van der Waals surface area contributed by atoms with Gasteiger partial charge in [0.25, 0.3) is 5.91 Å². The maximum Gasteiger partial charge on any atom is 0.276 e. The van der Waals surface area contributed by atoms with E-state index >= 15 is 0 Å². The van der Waals surface area contributed by atoms with E-state index in [0.717, 1.165) is 29.8 Å². The van der Waals surface area contributed by atoms with Gasteiger partial charge in [0.15, 0.2) is 11.5 Å². The average molecular weight is 354 g/mol. The minimum Gasteiger partial charge on any atom is -0.339 e. The molecule has 0 saturated heterocycles. The minimum atomic E-state index is -0.860. The number of benzene rings is 2. The first-order valence-corrected chi connectivity index (χ1v) is 8.02. The molecule has 0 aliphatic heterocycles. The van der Waals surface area contributed by atoms with E-state index in [1.807, 2.05) is 31.2 Å². The molecule has 26 heavy (non-hydrogen) atoms. The molecular formula is C19H16F2N4O. The lowest BCUT2D eigenvalue weighted by atomic mass is 10.1. The molecular weight excluding hydrogens is 338 g/mol. The number of hydrogen-bond acceptors (Lipinski definition) is 4. The molecule has 0 radical (unpaired) electrons. The van der Waals surface area contributed by atoms with E-state index in [1.54, 1.807) is 6.07 Å². The second-order valence-corrected chi connectivity index (χ2v) is 5.52. The first-order chi connectivity index (χ1) is 12.6. The molecule has 0 atom stereocenters. The molecule has 2 N–H and O–H groups in total. The summed E-state index contributed by atoms with van der Waals surface area (Å²) in [5.41, 5.74) is 1.93. The highest BCUT2D eigenvalue weighted by Gasteiger charge is 2.12. The monoisotopic (exact) mass is 354 g/mol. The molecule has 5 nitrogen and oxygen atoms in total. The number of carbonyl (C=O) groups is 1. The fourth-order valence-electron chi connectivity index (χ4n) is 2.39. The van der Waals surface area contributed by atoms with Gasteiger partial charge in [-0.3, -0.25) is 4.79 Å². The Balaban J connectivity index is 1.71. The second-order valence-electron chi connectivity index (χ2n) is 5.52. The van der Waals surface area contributed by atoms with Crippen molar-refractivity contribution in [1.82, 2.24) is 10.2 Å². The molecule has 1 amide bonds. The summed E-state index contributed by atoms with van der Waals surface area (Å²) in [5, 5.41) is 13.3. The van der Waals surface area contributed by atoms with Crippen LogP contribution in [0.25, 0.3) is 0 Å². The summed E-state index contributed by atoms with van der Waals surface area (Å²) in [6.45, 7) is 2.05. The molecule has 3 rings (SSSR count). The quantitative estimate of drug-likeness (QED) is 0.716. The normalized spacial score (nSPS) is 10.4. The Bertz CT molecular complexity index is 929. The molecule has 7 heteroatoms. The Labute approximate surface area is 149 Å². The number of amides is 1. The van der Waals surface area contributed by atoms with Crippen LogP contribution in [0.4, 0.5) is 26.0 Å². The maximum absolute atomic E-state index is 13.6. The molecule has 1 heterocycles. The highest BCUT2D eigenvalue weighted by atomic mass is 19.1. The molecule has 0 bridgehead atoms. The average Bonchev–Trinajstić information content (AvgIpc) is 2.65. The van der Waals surface area contributed by atoms with Crippen molar-refractivity contribution in [2.24, 2.45) is 0 Å². The van der Waals surface area contributed by atoms with Gasteiger partial charge in [-0.2, -0.15) is 0 Å². The van der Waals surface area contributed by atoms with Crippen molar-refractivity contribution in [3.05, 3.63) is 77.5 Å². The van der Waals surface area contributed by atoms with Crippen LogP contribution in [0.1, 0.15) is 23.0 Å². The number of hydrogen-bond donors (Lipinski definition) is 2. The Morgan fingerprint density at radius 3 is 2.50 bits per heavy atom. The van der Waals surface area contributed by atoms with Gasteiger partial charge in [0.1, 0.15) is 11.6 Å². The van der Waals surface area contributed by atoms with E-state index in [4.69, 9.17) is 0 Å². The van der Waals surface area contributed by atoms with Crippen LogP contribution in [0, 0.1) is 11.6 Å². The fourth-order valence-corrected chi connectivity index (χ4v) is 2.39. The number of nitrogens with zero attached hydrogens (tertiary/aromatic N) is 2. The first-order valence-electron chi connectivity index (χ1n) is 8.02. The molecule has 0 spiro atoms. The van der Waals surface area contributed by atoms with Crippen molar-refractivity contribution in [1.29, 1.82) is 0 Å². The van der Waals surface area contributed by atoms with Gasteiger partial charge >= 0.3 is 0 Å². The standard InChI is InChI=1S/C19H16F2N4O/c1-2-12-5-3-4-6-15(12)22-18-10-9-17(24-25-18)19(26)23-16-8-7-13(20)11-14(16)21/h3-11H,2H2,1H3,(H,22,25)(H,23,26). The van der Waals surface area contributed by atoms with E-state index in [1.165, 1.54) is 6.07 Å². The summed E-state index contributed by atoms with van der Waals surface area (Å²) >= 11 is 0. The largest absolute Gasteiger partial charge is 0.339 e. The van der Waals surface area contributed by atoms with Crippen LogP contribution in [-0.4, -0.2) is 16.1 Å². The zero-order valence-electron chi connectivity index (χ0n) is 14.0. The van der Waals surface area contributed by atoms with Crippen molar-refractivity contribution in [3.63, 3.8) is 0 Å². The Morgan fingerprint density at radius 1 is 1.00 bits per heavy atom. The Hall–Kier alpha value is -3.35. The van der Waals surface area contributed by atoms with E-state index in [-0.39, 0.29) is 11.4 Å². The van der Waals surface area contributed by atoms with Crippen LogP contribution in [0.3, 0.4) is 0 Å². The molecule has 0 unspecified atom stereocenters. The number of halogens is 2. The van der Waals surface area contributed by atoms with Gasteiger partial charge in [-0.15, -0.1) is 10.2 Å². The number of nitrogens with one attached hydrogen (secondary N) is 2. The molecule has 1 aromatic heterocycles. The highest BCUT2D eigenvalue weighted by molar-refractivity contribution is 6.02. The van der Waals surface area contributed by atoms with Gasteiger partial charge in [0.2, 0.25) is 0 Å². The van der Waals surface area contributed by atoms with Crippen molar-refractivity contribution >= 4 is 23.1 Å². The third kappa shape index (κ3) is 4.00. The predicted molar refractivity (Wildman–Crippen MR) is 95.4 cm³/mol. The molecule has 0 aliphatic rings. The zero-order chi connectivity index (χ0) is 18.5. The number of aryl methyl sites for hydroxylation is 1. The molecule has 3 aromatic rings. The van der Waals surface area contributed by atoms with Gasteiger partial charge in [0.05, 0.1) is 5.69 Å². The SMILES string of the molecule is CCc1ccccc1Nc1ccc(C(=O)Nc2ccc(F)cc2F)nn1. The topological polar surface area (TPSA) is 66.9 Å². The third-order valence-corrected chi connectivity index (χ3v) is 3.74.